The van der Waals surface area contributed by atoms with Crippen molar-refractivity contribution in [2.24, 2.45) is 5.73 Å². The molecule has 94 valence electrons. The van der Waals surface area contributed by atoms with Crippen LogP contribution in [0.1, 0.15) is 12.5 Å². The number of nitrogens with two attached hydrogens (primary N) is 1. The minimum Gasteiger partial charge on any atom is -0.389 e. The molecule has 0 bridgehead atoms. The van der Waals surface area contributed by atoms with Gasteiger partial charge in [0.2, 0.25) is 5.91 Å². The summed E-state index contributed by atoms with van der Waals surface area (Å²) in [6.45, 7) is 1.29. The summed E-state index contributed by atoms with van der Waals surface area (Å²) in [5.74, 6) is -0.479. The molecular formula is C8H12N4O3S2. The first-order valence-corrected chi connectivity index (χ1v) is 6.92. The average Bonchev–Trinajstić information content (AvgIpc) is 2.63. The number of carbonyl (C=O) groups is 1. The number of amides is 1. The van der Waals surface area contributed by atoms with Crippen molar-refractivity contribution in [1.82, 2.24) is 10.2 Å². The maximum atomic E-state index is 11.6. The van der Waals surface area contributed by atoms with Crippen LogP contribution in [0.5, 0.6) is 0 Å². The summed E-state index contributed by atoms with van der Waals surface area (Å²) < 4.78 is 22.4. The zero-order chi connectivity index (χ0) is 13.2. The molecule has 1 amide bonds. The first-order valence-electron chi connectivity index (χ1n) is 4.56. The molecule has 0 aliphatic carbocycles. The van der Waals surface area contributed by atoms with E-state index in [2.05, 4.69) is 15.5 Å². The summed E-state index contributed by atoms with van der Waals surface area (Å²) in [5.41, 5.74) is 5.75. The highest BCUT2D eigenvalue weighted by molar-refractivity contribution is 7.92. The quantitative estimate of drug-likeness (QED) is 0.633. The number of H-pyrrole nitrogens is 1. The van der Waals surface area contributed by atoms with Gasteiger partial charge in [-0.05, 0) is 6.92 Å². The summed E-state index contributed by atoms with van der Waals surface area (Å²) >= 11 is 4.74. The third-order valence-corrected chi connectivity index (χ3v) is 3.88. The Morgan fingerprint density at radius 3 is 2.71 bits per heavy atom. The zero-order valence-electron chi connectivity index (χ0n) is 9.22. The summed E-state index contributed by atoms with van der Waals surface area (Å²) in [6, 6.07) is 0. The fourth-order valence-corrected chi connectivity index (χ4v) is 1.59. The van der Waals surface area contributed by atoms with Crippen molar-refractivity contribution in [2.75, 3.05) is 11.6 Å². The van der Waals surface area contributed by atoms with Gasteiger partial charge >= 0.3 is 0 Å². The molecule has 0 aliphatic heterocycles. The van der Waals surface area contributed by atoms with Gasteiger partial charge in [0.05, 0.1) is 11.8 Å². The third kappa shape index (κ3) is 3.24. The van der Waals surface area contributed by atoms with Crippen LogP contribution >= 0.6 is 12.2 Å². The number of carbonyl (C=O) groups excluding carboxylic acids is 1. The Hall–Kier alpha value is -1.48. The molecule has 0 aromatic carbocycles. The zero-order valence-corrected chi connectivity index (χ0v) is 10.9. The van der Waals surface area contributed by atoms with Crippen molar-refractivity contribution in [3.63, 3.8) is 0 Å². The second-order valence-corrected chi connectivity index (χ2v) is 6.29. The van der Waals surface area contributed by atoms with E-state index in [1.165, 1.54) is 13.1 Å². The fraction of sp³-hybridized carbons (Fsp3) is 0.375. The van der Waals surface area contributed by atoms with Crippen LogP contribution in [0, 0.1) is 0 Å². The van der Waals surface area contributed by atoms with Crippen molar-refractivity contribution in [1.29, 1.82) is 0 Å². The molecule has 0 aliphatic rings. The molecule has 0 saturated carbocycles. The molecule has 1 atom stereocenters. The highest BCUT2D eigenvalue weighted by Crippen LogP contribution is 2.12. The number of hydrogen-bond acceptors (Lipinski definition) is 5. The Morgan fingerprint density at radius 1 is 1.65 bits per heavy atom. The largest absolute Gasteiger partial charge is 0.389 e. The van der Waals surface area contributed by atoms with Crippen molar-refractivity contribution in [3.05, 3.63) is 11.8 Å². The fourth-order valence-electron chi connectivity index (χ4n) is 0.988. The molecule has 0 saturated heterocycles. The molecule has 17 heavy (non-hydrogen) atoms. The van der Waals surface area contributed by atoms with Gasteiger partial charge in [0.1, 0.15) is 16.1 Å². The molecule has 1 aromatic heterocycles. The lowest BCUT2D eigenvalue weighted by molar-refractivity contribution is -0.115. The molecule has 1 aromatic rings. The minimum absolute atomic E-state index is 0.0565. The number of nitrogens with zero attached hydrogens (tertiary/aromatic N) is 1. The van der Waals surface area contributed by atoms with Crippen molar-refractivity contribution in [2.45, 2.75) is 12.2 Å². The number of rotatable bonds is 4. The molecule has 1 heterocycles. The summed E-state index contributed by atoms with van der Waals surface area (Å²) in [7, 11) is -3.45. The average molecular weight is 276 g/mol. The van der Waals surface area contributed by atoms with E-state index in [-0.39, 0.29) is 10.8 Å². The number of anilines is 1. The van der Waals surface area contributed by atoms with E-state index in [1.807, 2.05) is 0 Å². The minimum atomic E-state index is -3.45. The van der Waals surface area contributed by atoms with E-state index in [0.29, 0.717) is 5.56 Å². The maximum Gasteiger partial charge on any atom is 0.243 e. The first-order chi connectivity index (χ1) is 7.73. The van der Waals surface area contributed by atoms with Crippen LogP contribution in [0.15, 0.2) is 6.20 Å². The predicted molar refractivity (Wildman–Crippen MR) is 67.4 cm³/mol. The predicted octanol–water partition coefficient (Wildman–Crippen LogP) is -0.584. The van der Waals surface area contributed by atoms with E-state index >= 15 is 0 Å². The number of aromatic nitrogens is 2. The van der Waals surface area contributed by atoms with Crippen LogP contribution in [0.25, 0.3) is 0 Å². The molecule has 0 radical (unpaired) electrons. The number of aromatic amines is 1. The van der Waals surface area contributed by atoms with Crippen LogP contribution in [0.2, 0.25) is 0 Å². The van der Waals surface area contributed by atoms with Gasteiger partial charge in [0.25, 0.3) is 0 Å². The van der Waals surface area contributed by atoms with Gasteiger partial charge in [0, 0.05) is 6.26 Å². The van der Waals surface area contributed by atoms with Crippen molar-refractivity contribution >= 4 is 38.8 Å². The summed E-state index contributed by atoms with van der Waals surface area (Å²) in [4.78, 5) is 11.7. The van der Waals surface area contributed by atoms with Gasteiger partial charge in [-0.1, -0.05) is 12.2 Å². The maximum absolute atomic E-state index is 11.6. The molecule has 4 N–H and O–H groups in total. The summed E-state index contributed by atoms with van der Waals surface area (Å²) in [6.07, 6.45) is 2.34. The molecule has 0 fully saturated rings. The third-order valence-electron chi connectivity index (χ3n) is 2.16. The van der Waals surface area contributed by atoms with Crippen molar-refractivity contribution < 1.29 is 13.2 Å². The number of sulfone groups is 1. The van der Waals surface area contributed by atoms with E-state index in [0.717, 1.165) is 6.26 Å². The lowest BCUT2D eigenvalue weighted by Crippen LogP contribution is -2.32. The van der Waals surface area contributed by atoms with Gasteiger partial charge in [-0.15, -0.1) is 0 Å². The molecular weight excluding hydrogens is 264 g/mol. The molecule has 0 spiro atoms. The molecule has 1 rings (SSSR count). The van der Waals surface area contributed by atoms with Gasteiger partial charge in [-0.3, -0.25) is 9.89 Å². The van der Waals surface area contributed by atoms with Crippen LogP contribution < -0.4 is 11.1 Å². The SMILES string of the molecule is CC(C(=O)Nc1[nH]ncc1C(N)=S)S(C)(=O)=O. The van der Waals surface area contributed by atoms with E-state index in [4.69, 9.17) is 18.0 Å². The number of hydrogen-bond donors (Lipinski definition) is 3. The van der Waals surface area contributed by atoms with Crippen LogP contribution in [0.3, 0.4) is 0 Å². The van der Waals surface area contributed by atoms with E-state index < -0.39 is 21.0 Å². The Balaban J connectivity index is 2.89. The van der Waals surface area contributed by atoms with Gasteiger partial charge in [-0.2, -0.15) is 5.10 Å². The molecule has 1 unspecified atom stereocenters. The Kier molecular flexibility index (Phi) is 3.83. The van der Waals surface area contributed by atoms with Crippen molar-refractivity contribution in [3.8, 4) is 0 Å². The van der Waals surface area contributed by atoms with E-state index in [9.17, 15) is 13.2 Å². The first kappa shape index (κ1) is 13.6. The Labute approximate surface area is 104 Å². The second-order valence-electron chi connectivity index (χ2n) is 3.48. The van der Waals surface area contributed by atoms with Gasteiger partial charge in [0.15, 0.2) is 9.84 Å². The Bertz CT molecular complexity index is 549. The Morgan fingerprint density at radius 2 is 2.24 bits per heavy atom. The number of nitrogens with one attached hydrogen (secondary N) is 2. The normalized spacial score (nSPS) is 13.1. The van der Waals surface area contributed by atoms with Gasteiger partial charge < -0.3 is 11.1 Å². The van der Waals surface area contributed by atoms with Crippen LogP contribution in [-0.4, -0.2) is 41.0 Å². The monoisotopic (exact) mass is 276 g/mol. The standard InChI is InChI=1S/C8H12N4O3S2/c1-4(17(2,14)15)8(13)11-7-5(6(9)16)3-10-12-7/h3-4H,1-2H3,(H2,9,16)(H2,10,11,12,13). The van der Waals surface area contributed by atoms with Gasteiger partial charge in [-0.25, -0.2) is 8.42 Å². The highest BCUT2D eigenvalue weighted by Gasteiger charge is 2.24. The molecule has 7 nitrogen and oxygen atoms in total. The smallest absolute Gasteiger partial charge is 0.243 e. The number of thiocarbonyl (C=S) groups is 1. The summed E-state index contributed by atoms with van der Waals surface area (Å²) in [5, 5.41) is 7.35. The van der Waals surface area contributed by atoms with E-state index in [1.54, 1.807) is 0 Å². The lowest BCUT2D eigenvalue weighted by Gasteiger charge is -2.09. The molecule has 9 heteroatoms. The second kappa shape index (κ2) is 4.80. The lowest BCUT2D eigenvalue weighted by atomic mass is 10.3. The van der Waals surface area contributed by atoms with Crippen LogP contribution in [0.4, 0.5) is 5.82 Å². The highest BCUT2D eigenvalue weighted by atomic mass is 32.2. The topological polar surface area (TPSA) is 118 Å². The van der Waals surface area contributed by atoms with Crippen LogP contribution in [-0.2, 0) is 14.6 Å².